The fraction of sp³-hybridized carbons (Fsp3) is 0.125. The summed E-state index contributed by atoms with van der Waals surface area (Å²) in [6.07, 6.45) is 0.551. The summed E-state index contributed by atoms with van der Waals surface area (Å²) >= 11 is 5.77. The molecule has 2 rings (SSSR count). The van der Waals surface area contributed by atoms with Crippen LogP contribution in [0.4, 0.5) is 10.1 Å². The molecule has 0 spiro atoms. The molecular weight excluding hydrogens is 307 g/mol. The average molecular weight is 321 g/mol. The Morgan fingerprint density at radius 3 is 2.73 bits per heavy atom. The third-order valence-electron chi connectivity index (χ3n) is 2.75. The topological polar surface area (TPSA) is 50.7 Å². The normalized spacial score (nSPS) is 12.1. The molecule has 2 aromatic rings. The highest BCUT2D eigenvalue weighted by molar-refractivity contribution is 6.30. The lowest BCUT2D eigenvalue weighted by atomic mass is 10.2. The summed E-state index contributed by atoms with van der Waals surface area (Å²) in [4.78, 5) is 16.9. The van der Waals surface area contributed by atoms with Gasteiger partial charge in [-0.25, -0.2) is 4.39 Å². The second kappa shape index (κ2) is 7.56. The second-order valence-corrected chi connectivity index (χ2v) is 4.97. The van der Waals surface area contributed by atoms with Crippen molar-refractivity contribution < 1.29 is 14.0 Å². The maximum atomic E-state index is 13.0. The van der Waals surface area contributed by atoms with Gasteiger partial charge in [-0.3, -0.25) is 4.79 Å². The minimum Gasteiger partial charge on any atom is -0.383 e. The molecule has 0 aliphatic heterocycles. The van der Waals surface area contributed by atoms with Crippen LogP contribution in [0.5, 0.6) is 0 Å². The maximum absolute atomic E-state index is 13.0. The Kier molecular flexibility index (Phi) is 5.49. The summed E-state index contributed by atoms with van der Waals surface area (Å²) in [5.41, 5.74) is 1.16. The van der Waals surface area contributed by atoms with Crippen molar-refractivity contribution in [3.8, 4) is 0 Å². The Morgan fingerprint density at radius 2 is 2.05 bits per heavy atom. The van der Waals surface area contributed by atoms with Crippen LogP contribution in [-0.2, 0) is 9.63 Å². The predicted molar refractivity (Wildman–Crippen MR) is 84.6 cm³/mol. The zero-order chi connectivity index (χ0) is 15.9. The van der Waals surface area contributed by atoms with E-state index in [1.165, 1.54) is 18.3 Å². The third-order valence-corrected chi connectivity index (χ3v) is 3.00. The first-order chi connectivity index (χ1) is 10.5. The van der Waals surface area contributed by atoms with Crippen LogP contribution in [0.3, 0.4) is 0 Å². The summed E-state index contributed by atoms with van der Waals surface area (Å²) in [6, 6.07) is 12.6. The number of amides is 1. The molecule has 0 unspecified atom stereocenters. The lowest BCUT2D eigenvalue weighted by Gasteiger charge is -2.10. The largest absolute Gasteiger partial charge is 0.383 e. The molecule has 0 saturated carbocycles. The van der Waals surface area contributed by atoms with Gasteiger partial charge in [-0.1, -0.05) is 28.9 Å². The van der Waals surface area contributed by atoms with Gasteiger partial charge < -0.3 is 10.2 Å². The number of hydrogen-bond acceptors (Lipinski definition) is 3. The zero-order valence-corrected chi connectivity index (χ0v) is 12.5. The van der Waals surface area contributed by atoms with Gasteiger partial charge in [0, 0.05) is 10.7 Å². The van der Waals surface area contributed by atoms with E-state index in [0.717, 1.165) is 0 Å². The molecule has 0 aliphatic carbocycles. The molecule has 22 heavy (non-hydrogen) atoms. The Balaban J connectivity index is 1.87. The Bertz CT molecular complexity index is 674. The number of benzene rings is 2. The van der Waals surface area contributed by atoms with Crippen LogP contribution in [0.25, 0.3) is 0 Å². The van der Waals surface area contributed by atoms with Gasteiger partial charge in [0.05, 0.1) is 6.21 Å². The zero-order valence-electron chi connectivity index (χ0n) is 11.8. The predicted octanol–water partition coefficient (Wildman–Crippen LogP) is 3.86. The number of rotatable bonds is 5. The highest BCUT2D eigenvalue weighted by Gasteiger charge is 2.14. The quantitative estimate of drug-likeness (QED) is 0.672. The van der Waals surface area contributed by atoms with Crippen LogP contribution in [0.2, 0.25) is 5.02 Å². The smallest absolute Gasteiger partial charge is 0.267 e. The number of carbonyl (C=O) groups is 1. The van der Waals surface area contributed by atoms with Gasteiger partial charge in [0.15, 0.2) is 0 Å². The molecule has 1 amide bonds. The van der Waals surface area contributed by atoms with E-state index in [1.807, 2.05) is 0 Å². The number of halogens is 2. The maximum Gasteiger partial charge on any atom is 0.267 e. The van der Waals surface area contributed by atoms with E-state index < -0.39 is 6.10 Å². The van der Waals surface area contributed by atoms with E-state index in [9.17, 15) is 9.18 Å². The molecule has 0 bridgehead atoms. The lowest BCUT2D eigenvalue weighted by molar-refractivity contribution is -0.126. The van der Waals surface area contributed by atoms with Crippen LogP contribution in [-0.4, -0.2) is 18.2 Å². The van der Waals surface area contributed by atoms with Crippen LogP contribution in [0, 0.1) is 5.82 Å². The van der Waals surface area contributed by atoms with Crippen molar-refractivity contribution in [3.63, 3.8) is 0 Å². The first kappa shape index (κ1) is 16.0. The van der Waals surface area contributed by atoms with E-state index in [0.29, 0.717) is 16.3 Å². The number of nitrogens with one attached hydrogen (secondary N) is 1. The van der Waals surface area contributed by atoms with Gasteiger partial charge in [0.25, 0.3) is 5.91 Å². The van der Waals surface area contributed by atoms with Gasteiger partial charge in [-0.05, 0) is 48.9 Å². The molecular formula is C16H14ClFN2O2. The Hall–Kier alpha value is -2.40. The van der Waals surface area contributed by atoms with Crippen molar-refractivity contribution in [1.29, 1.82) is 0 Å². The van der Waals surface area contributed by atoms with Gasteiger partial charge in [0.2, 0.25) is 6.10 Å². The van der Waals surface area contributed by atoms with E-state index in [1.54, 1.807) is 43.3 Å². The number of nitrogens with zero attached hydrogens (tertiary/aromatic N) is 1. The van der Waals surface area contributed by atoms with Crippen molar-refractivity contribution in [3.05, 3.63) is 64.9 Å². The van der Waals surface area contributed by atoms with Crippen molar-refractivity contribution in [2.75, 3.05) is 5.32 Å². The van der Waals surface area contributed by atoms with Crippen molar-refractivity contribution in [1.82, 2.24) is 0 Å². The summed E-state index contributed by atoms with van der Waals surface area (Å²) in [5, 5.41) is 6.94. The molecule has 0 aromatic heterocycles. The summed E-state index contributed by atoms with van der Waals surface area (Å²) in [7, 11) is 0. The van der Waals surface area contributed by atoms with E-state index >= 15 is 0 Å². The average Bonchev–Trinajstić information content (AvgIpc) is 2.49. The van der Waals surface area contributed by atoms with Gasteiger partial charge in [0.1, 0.15) is 5.82 Å². The van der Waals surface area contributed by atoms with Crippen molar-refractivity contribution >= 4 is 29.4 Å². The molecule has 0 radical (unpaired) electrons. The van der Waals surface area contributed by atoms with Crippen LogP contribution < -0.4 is 5.32 Å². The first-order valence-electron chi connectivity index (χ1n) is 6.56. The number of anilines is 1. The molecule has 1 atom stereocenters. The highest BCUT2D eigenvalue weighted by atomic mass is 35.5. The molecule has 6 heteroatoms. The lowest BCUT2D eigenvalue weighted by Crippen LogP contribution is -2.26. The monoisotopic (exact) mass is 320 g/mol. The molecule has 0 aliphatic rings. The molecule has 0 fully saturated rings. The Labute approximate surface area is 132 Å². The SMILES string of the molecule is C[C@@H](O/N=C\c1cccc(F)c1)C(=O)Nc1ccc(Cl)cc1. The minimum absolute atomic E-state index is 0.348. The van der Waals surface area contributed by atoms with Gasteiger partial charge in [-0.15, -0.1) is 0 Å². The van der Waals surface area contributed by atoms with E-state index in [4.69, 9.17) is 16.4 Å². The van der Waals surface area contributed by atoms with E-state index in [2.05, 4.69) is 10.5 Å². The van der Waals surface area contributed by atoms with Crippen LogP contribution >= 0.6 is 11.6 Å². The summed E-state index contributed by atoms with van der Waals surface area (Å²) < 4.78 is 13.0. The fourth-order valence-corrected chi connectivity index (χ4v) is 1.72. The number of carbonyl (C=O) groups excluding carboxylic acids is 1. The number of hydrogen-bond donors (Lipinski definition) is 1. The molecule has 114 valence electrons. The number of oxime groups is 1. The molecule has 2 aromatic carbocycles. The van der Waals surface area contributed by atoms with Crippen molar-refractivity contribution in [2.24, 2.45) is 5.16 Å². The highest BCUT2D eigenvalue weighted by Crippen LogP contribution is 2.13. The minimum atomic E-state index is -0.791. The first-order valence-corrected chi connectivity index (χ1v) is 6.93. The van der Waals surface area contributed by atoms with Gasteiger partial charge >= 0.3 is 0 Å². The van der Waals surface area contributed by atoms with Crippen LogP contribution in [0.1, 0.15) is 12.5 Å². The third kappa shape index (κ3) is 4.86. The molecule has 0 heterocycles. The molecule has 4 nitrogen and oxygen atoms in total. The standard InChI is InChI=1S/C16H14ClFN2O2/c1-11(16(21)20-15-7-5-13(17)6-8-15)22-19-10-12-3-2-4-14(18)9-12/h2-11H,1H3,(H,20,21)/b19-10-/t11-/m1/s1. The van der Waals surface area contributed by atoms with Gasteiger partial charge in [-0.2, -0.15) is 0 Å². The van der Waals surface area contributed by atoms with E-state index in [-0.39, 0.29) is 11.7 Å². The molecule has 0 saturated heterocycles. The van der Waals surface area contributed by atoms with Crippen molar-refractivity contribution in [2.45, 2.75) is 13.0 Å². The summed E-state index contributed by atoms with van der Waals surface area (Å²) in [6.45, 7) is 1.56. The van der Waals surface area contributed by atoms with Crippen LogP contribution in [0.15, 0.2) is 53.7 Å². The second-order valence-electron chi connectivity index (χ2n) is 4.53. The fourth-order valence-electron chi connectivity index (χ4n) is 1.59. The summed E-state index contributed by atoms with van der Waals surface area (Å²) in [5.74, 6) is -0.712. The molecule has 1 N–H and O–H groups in total. The Morgan fingerprint density at radius 1 is 1.32 bits per heavy atom.